The van der Waals surface area contributed by atoms with Gasteiger partial charge in [-0.2, -0.15) is 0 Å². The van der Waals surface area contributed by atoms with Gasteiger partial charge in [0.05, 0.1) is 25.9 Å². The number of aromatic nitrogens is 1. The van der Waals surface area contributed by atoms with Crippen LogP contribution in [0, 0.1) is 6.92 Å². The number of aryl methyl sites for hydroxylation is 1. The third-order valence-corrected chi connectivity index (χ3v) is 6.43. The zero-order chi connectivity index (χ0) is 21.1. The fourth-order valence-corrected chi connectivity index (χ4v) is 4.38. The van der Waals surface area contributed by atoms with E-state index in [2.05, 4.69) is 63.4 Å². The van der Waals surface area contributed by atoms with Crippen molar-refractivity contribution in [1.82, 2.24) is 4.98 Å². The van der Waals surface area contributed by atoms with Crippen LogP contribution in [0.25, 0.3) is 10.2 Å². The van der Waals surface area contributed by atoms with Crippen molar-refractivity contribution >= 4 is 61.3 Å². The van der Waals surface area contributed by atoms with E-state index in [1.807, 2.05) is 25.1 Å². The smallest absolute Gasteiger partial charge is 0.231 e. The number of hydrogen-bond donors (Lipinski definition) is 0. The Morgan fingerprint density at radius 1 is 0.967 bits per heavy atom. The normalized spacial score (nSPS) is 11.5. The summed E-state index contributed by atoms with van der Waals surface area (Å²) in [5, 5.41) is 10.3. The van der Waals surface area contributed by atoms with Gasteiger partial charge < -0.3 is 4.90 Å². The Hall–Kier alpha value is -2.47. The number of thiazole rings is 1. The number of rotatable bonds is 6. The van der Waals surface area contributed by atoms with E-state index in [9.17, 15) is 0 Å². The van der Waals surface area contributed by atoms with Crippen LogP contribution in [0.15, 0.2) is 70.9 Å². The van der Waals surface area contributed by atoms with E-state index >= 15 is 0 Å². The highest BCUT2D eigenvalue weighted by Gasteiger charge is 2.09. The van der Waals surface area contributed by atoms with Gasteiger partial charge in [0, 0.05) is 18.8 Å². The number of halogens is 2. The first kappa shape index (κ1) is 20.8. The van der Waals surface area contributed by atoms with Crippen molar-refractivity contribution in [2.45, 2.75) is 20.4 Å². The lowest BCUT2D eigenvalue weighted by Crippen LogP contribution is -2.21. The summed E-state index contributed by atoms with van der Waals surface area (Å²) in [7, 11) is 0. The Balaban J connectivity index is 1.54. The molecule has 0 radical (unpaired) electrons. The summed E-state index contributed by atoms with van der Waals surface area (Å²) in [5.41, 5.74) is 5.12. The van der Waals surface area contributed by atoms with Crippen molar-refractivity contribution in [3.63, 3.8) is 0 Å². The molecule has 3 aromatic carbocycles. The lowest BCUT2D eigenvalue weighted by Gasteiger charge is -2.24. The van der Waals surface area contributed by atoms with Crippen LogP contribution in [0.1, 0.15) is 18.1 Å². The number of fused-ring (bicyclic) bond motifs is 1. The highest BCUT2D eigenvalue weighted by Crippen LogP contribution is 2.35. The molecule has 1 heterocycles. The molecule has 7 heteroatoms. The number of nitrogens with zero attached hydrogens (tertiary/aromatic N) is 4. The lowest BCUT2D eigenvalue weighted by atomic mass is 10.1. The molecule has 0 aliphatic rings. The van der Waals surface area contributed by atoms with Crippen LogP contribution < -0.4 is 4.90 Å². The molecule has 0 saturated heterocycles. The van der Waals surface area contributed by atoms with E-state index in [1.165, 1.54) is 22.6 Å². The maximum atomic E-state index is 6.08. The second kappa shape index (κ2) is 9.13. The summed E-state index contributed by atoms with van der Waals surface area (Å²) < 4.78 is 0.935. The Morgan fingerprint density at radius 3 is 2.47 bits per heavy atom. The minimum Gasteiger partial charge on any atom is -0.367 e. The molecular weight excluding hydrogens is 435 g/mol. The van der Waals surface area contributed by atoms with E-state index in [-0.39, 0.29) is 0 Å². The zero-order valence-electron chi connectivity index (χ0n) is 16.6. The molecule has 0 atom stereocenters. The molecule has 0 spiro atoms. The van der Waals surface area contributed by atoms with Crippen molar-refractivity contribution in [2.75, 3.05) is 11.4 Å². The molecule has 0 unspecified atom stereocenters. The van der Waals surface area contributed by atoms with Crippen molar-refractivity contribution in [2.24, 2.45) is 10.2 Å². The van der Waals surface area contributed by atoms with Gasteiger partial charge in [-0.3, -0.25) is 0 Å². The molecule has 4 rings (SSSR count). The molecule has 1 aromatic heterocycles. The van der Waals surface area contributed by atoms with E-state index in [4.69, 9.17) is 23.2 Å². The minimum absolute atomic E-state index is 0.486. The SMILES string of the molecule is CCN(Cc1ccccc1)c1ccc(N=Nc2nc3cc(Cl)c(Cl)cc3s2)c(C)c1. The standard InChI is InChI=1S/C23H20Cl2N4S/c1-3-29(14-16-7-5-4-6-8-16)17-9-10-20(15(2)11-17)27-28-23-26-21-12-18(24)19(25)13-22(21)30-23/h4-13H,3,14H2,1-2H3. The van der Waals surface area contributed by atoms with Crippen molar-refractivity contribution < 1.29 is 0 Å². The molecule has 0 saturated carbocycles. The summed E-state index contributed by atoms with van der Waals surface area (Å²) in [5.74, 6) is 0. The van der Waals surface area contributed by atoms with Gasteiger partial charge in [0.15, 0.2) is 0 Å². The Morgan fingerprint density at radius 2 is 1.73 bits per heavy atom. The zero-order valence-corrected chi connectivity index (χ0v) is 19.0. The molecule has 4 aromatic rings. The van der Waals surface area contributed by atoms with Crippen LogP contribution in [-0.4, -0.2) is 11.5 Å². The predicted molar refractivity (Wildman–Crippen MR) is 128 cm³/mol. The first-order valence-electron chi connectivity index (χ1n) is 9.60. The molecule has 4 nitrogen and oxygen atoms in total. The second-order valence-electron chi connectivity index (χ2n) is 6.90. The van der Waals surface area contributed by atoms with Crippen molar-refractivity contribution in [3.8, 4) is 0 Å². The average Bonchev–Trinajstić information content (AvgIpc) is 3.13. The quantitative estimate of drug-likeness (QED) is 0.274. The molecule has 0 amide bonds. The number of hydrogen-bond acceptors (Lipinski definition) is 5. The minimum atomic E-state index is 0.486. The molecule has 30 heavy (non-hydrogen) atoms. The van der Waals surface area contributed by atoms with Gasteiger partial charge in [0.2, 0.25) is 5.13 Å². The Labute approximate surface area is 189 Å². The summed E-state index contributed by atoms with van der Waals surface area (Å²) in [6, 6.07) is 20.3. The van der Waals surface area contributed by atoms with Crippen LogP contribution in [0.4, 0.5) is 16.5 Å². The maximum Gasteiger partial charge on any atom is 0.231 e. The first-order valence-corrected chi connectivity index (χ1v) is 11.2. The summed E-state index contributed by atoms with van der Waals surface area (Å²) in [6.07, 6.45) is 0. The molecule has 152 valence electrons. The molecule has 0 N–H and O–H groups in total. The van der Waals surface area contributed by atoms with Gasteiger partial charge >= 0.3 is 0 Å². The highest BCUT2D eigenvalue weighted by molar-refractivity contribution is 7.22. The summed E-state index contributed by atoms with van der Waals surface area (Å²) >= 11 is 13.6. The van der Waals surface area contributed by atoms with Gasteiger partial charge in [0.25, 0.3) is 0 Å². The fraction of sp³-hybridized carbons (Fsp3) is 0.174. The molecule has 0 bridgehead atoms. The molecule has 0 fully saturated rings. The Bertz CT molecular complexity index is 1170. The Kier molecular flexibility index (Phi) is 6.32. The monoisotopic (exact) mass is 454 g/mol. The maximum absolute atomic E-state index is 6.08. The number of azo groups is 1. The van der Waals surface area contributed by atoms with Gasteiger partial charge in [-0.25, -0.2) is 4.98 Å². The fourth-order valence-electron chi connectivity index (χ4n) is 3.19. The van der Waals surface area contributed by atoms with E-state index in [1.54, 1.807) is 6.07 Å². The molecule has 0 aliphatic heterocycles. The van der Waals surface area contributed by atoms with E-state index in [0.717, 1.165) is 34.6 Å². The van der Waals surface area contributed by atoms with Gasteiger partial charge in [-0.1, -0.05) is 64.9 Å². The average molecular weight is 455 g/mol. The van der Waals surface area contributed by atoms with Crippen molar-refractivity contribution in [1.29, 1.82) is 0 Å². The van der Waals surface area contributed by atoms with Gasteiger partial charge in [-0.15, -0.1) is 10.2 Å². The van der Waals surface area contributed by atoms with E-state index < -0.39 is 0 Å². The number of anilines is 1. The van der Waals surface area contributed by atoms with Crippen molar-refractivity contribution in [3.05, 3.63) is 81.8 Å². The summed E-state index contributed by atoms with van der Waals surface area (Å²) in [6.45, 7) is 6.00. The molecular formula is C23H20Cl2N4S. The van der Waals surface area contributed by atoms with Crippen LogP contribution in [0.5, 0.6) is 0 Å². The van der Waals surface area contributed by atoms with Crippen LogP contribution in [-0.2, 0) is 6.54 Å². The topological polar surface area (TPSA) is 40.9 Å². The third kappa shape index (κ3) is 4.64. The van der Waals surface area contributed by atoms with Crippen LogP contribution in [0.3, 0.4) is 0 Å². The third-order valence-electron chi connectivity index (χ3n) is 4.81. The van der Waals surface area contributed by atoms with E-state index in [0.29, 0.717) is 15.2 Å². The van der Waals surface area contributed by atoms with Gasteiger partial charge in [0.1, 0.15) is 0 Å². The largest absolute Gasteiger partial charge is 0.367 e. The summed E-state index contributed by atoms with van der Waals surface area (Å²) in [4.78, 5) is 6.81. The second-order valence-corrected chi connectivity index (χ2v) is 8.72. The first-order chi connectivity index (χ1) is 14.5. The molecule has 0 aliphatic carbocycles. The van der Waals surface area contributed by atoms with Crippen LogP contribution >= 0.6 is 34.5 Å². The number of benzene rings is 3. The van der Waals surface area contributed by atoms with Gasteiger partial charge in [-0.05, 0) is 55.3 Å². The van der Waals surface area contributed by atoms with Crippen LogP contribution in [0.2, 0.25) is 10.0 Å². The lowest BCUT2D eigenvalue weighted by molar-refractivity contribution is 0.831. The predicted octanol–water partition coefficient (Wildman–Crippen LogP) is 8.35. The highest BCUT2D eigenvalue weighted by atomic mass is 35.5.